The fourth-order valence-corrected chi connectivity index (χ4v) is 2.67. The molecule has 2 rings (SSSR count). The molecule has 0 amide bonds. The number of carbonyl (C=O) groups excluding carboxylic acids is 2. The highest BCUT2D eigenvalue weighted by Crippen LogP contribution is 2.09. The summed E-state index contributed by atoms with van der Waals surface area (Å²) >= 11 is 0. The van der Waals surface area contributed by atoms with Gasteiger partial charge in [-0.2, -0.15) is 0 Å². The fraction of sp³-hybridized carbons (Fsp3) is 0.333. The average Bonchev–Trinajstić information content (AvgIpc) is 2.57. The Hall–Kier alpha value is -2.22. The van der Waals surface area contributed by atoms with Crippen molar-refractivity contribution in [2.24, 2.45) is 0 Å². The Morgan fingerprint density at radius 3 is 1.39 bits per heavy atom. The van der Waals surface area contributed by atoms with Crippen molar-refractivity contribution in [1.82, 2.24) is 0 Å². The van der Waals surface area contributed by atoms with Gasteiger partial charge in [0.05, 0.1) is 6.42 Å². The minimum Gasteiger partial charge on any atom is -0.299 e. The van der Waals surface area contributed by atoms with E-state index in [1.54, 1.807) is 0 Å². The number of ketones is 2. The molecule has 0 saturated heterocycles. The molecule has 0 unspecified atom stereocenters. The summed E-state index contributed by atoms with van der Waals surface area (Å²) in [6, 6.07) is 20.3. The van der Waals surface area contributed by atoms with E-state index in [1.165, 1.54) is 11.1 Å². The molecule has 0 aliphatic carbocycles. The van der Waals surface area contributed by atoms with Gasteiger partial charge < -0.3 is 0 Å². The summed E-state index contributed by atoms with van der Waals surface area (Å²) in [6.45, 7) is 0. The van der Waals surface area contributed by atoms with Crippen LogP contribution in [0.2, 0.25) is 0 Å². The summed E-state index contributed by atoms with van der Waals surface area (Å²) in [5, 5.41) is 0. The quantitative estimate of drug-likeness (QED) is 0.603. The summed E-state index contributed by atoms with van der Waals surface area (Å²) in [7, 11) is 0. The lowest BCUT2D eigenvalue weighted by Crippen LogP contribution is -2.08. The van der Waals surface area contributed by atoms with E-state index >= 15 is 0 Å². The molecule has 0 saturated carbocycles. The van der Waals surface area contributed by atoms with Crippen LogP contribution >= 0.6 is 0 Å². The maximum Gasteiger partial charge on any atom is 0.140 e. The van der Waals surface area contributed by atoms with E-state index in [0.29, 0.717) is 12.8 Å². The van der Waals surface area contributed by atoms with Gasteiger partial charge in [0.2, 0.25) is 0 Å². The van der Waals surface area contributed by atoms with Crippen molar-refractivity contribution < 1.29 is 9.59 Å². The molecule has 23 heavy (non-hydrogen) atoms. The van der Waals surface area contributed by atoms with Crippen LogP contribution in [-0.4, -0.2) is 11.6 Å². The summed E-state index contributed by atoms with van der Waals surface area (Å²) in [6.07, 6.45) is 4.53. The van der Waals surface area contributed by atoms with Crippen molar-refractivity contribution in [3.8, 4) is 0 Å². The van der Waals surface area contributed by atoms with Crippen molar-refractivity contribution in [2.75, 3.05) is 0 Å². The lowest BCUT2D eigenvalue weighted by atomic mass is 10.0. The Morgan fingerprint density at radius 1 is 0.609 bits per heavy atom. The number of Topliss-reactive ketones (excluding diaryl/α,β-unsaturated/α-hetero) is 2. The Labute approximate surface area is 138 Å². The van der Waals surface area contributed by atoms with Crippen molar-refractivity contribution in [1.29, 1.82) is 0 Å². The largest absolute Gasteiger partial charge is 0.299 e. The van der Waals surface area contributed by atoms with E-state index in [9.17, 15) is 9.59 Å². The van der Waals surface area contributed by atoms with Crippen LogP contribution < -0.4 is 0 Å². The zero-order valence-electron chi connectivity index (χ0n) is 13.5. The third-order valence-corrected chi connectivity index (χ3v) is 3.92. The summed E-state index contributed by atoms with van der Waals surface area (Å²) < 4.78 is 0. The first kappa shape index (κ1) is 17.1. The molecule has 0 fully saturated rings. The average molecular weight is 308 g/mol. The molecular weight excluding hydrogens is 284 g/mol. The van der Waals surface area contributed by atoms with E-state index < -0.39 is 0 Å². The highest BCUT2D eigenvalue weighted by atomic mass is 16.1. The topological polar surface area (TPSA) is 34.1 Å². The normalized spacial score (nSPS) is 10.4. The van der Waals surface area contributed by atoms with E-state index in [0.717, 1.165) is 25.7 Å². The van der Waals surface area contributed by atoms with Crippen molar-refractivity contribution in [3.05, 3.63) is 71.8 Å². The number of carbonyl (C=O) groups is 2. The first-order chi connectivity index (χ1) is 11.2. The molecule has 0 aliphatic rings. The van der Waals surface area contributed by atoms with Gasteiger partial charge in [-0.25, -0.2) is 0 Å². The zero-order valence-corrected chi connectivity index (χ0v) is 13.5. The highest BCUT2D eigenvalue weighted by Gasteiger charge is 2.09. The smallest absolute Gasteiger partial charge is 0.140 e. The van der Waals surface area contributed by atoms with Crippen LogP contribution in [0.1, 0.15) is 43.2 Å². The second-order valence-corrected chi connectivity index (χ2v) is 5.93. The minimum atomic E-state index is 0.0747. The Kier molecular flexibility index (Phi) is 7.25. The molecule has 0 aromatic heterocycles. The molecule has 2 aromatic rings. The maximum absolute atomic E-state index is 11.9. The molecule has 0 N–H and O–H groups in total. The lowest BCUT2D eigenvalue weighted by molar-refractivity contribution is -0.127. The molecule has 120 valence electrons. The van der Waals surface area contributed by atoms with Crippen LogP contribution in [0.15, 0.2) is 60.7 Å². The van der Waals surface area contributed by atoms with Gasteiger partial charge in [-0.1, -0.05) is 60.7 Å². The van der Waals surface area contributed by atoms with Crippen LogP contribution in [0.3, 0.4) is 0 Å². The monoisotopic (exact) mass is 308 g/mol. The third kappa shape index (κ3) is 7.05. The molecular formula is C21H24O2. The van der Waals surface area contributed by atoms with E-state index in [-0.39, 0.29) is 18.0 Å². The molecule has 0 atom stereocenters. The van der Waals surface area contributed by atoms with E-state index in [1.807, 2.05) is 36.4 Å². The van der Waals surface area contributed by atoms with Crippen LogP contribution in [0.4, 0.5) is 0 Å². The van der Waals surface area contributed by atoms with Gasteiger partial charge in [0.15, 0.2) is 0 Å². The summed E-state index contributed by atoms with van der Waals surface area (Å²) in [5.74, 6) is 0.149. The maximum atomic E-state index is 11.9. The van der Waals surface area contributed by atoms with Gasteiger partial charge in [0.1, 0.15) is 11.6 Å². The van der Waals surface area contributed by atoms with Crippen LogP contribution in [-0.2, 0) is 22.4 Å². The first-order valence-corrected chi connectivity index (χ1v) is 8.35. The van der Waals surface area contributed by atoms with Crippen molar-refractivity contribution in [2.45, 2.75) is 44.9 Å². The van der Waals surface area contributed by atoms with Crippen molar-refractivity contribution in [3.63, 3.8) is 0 Å². The van der Waals surface area contributed by atoms with Crippen LogP contribution in [0.5, 0.6) is 0 Å². The second-order valence-electron chi connectivity index (χ2n) is 5.93. The Morgan fingerprint density at radius 2 is 1.00 bits per heavy atom. The third-order valence-electron chi connectivity index (χ3n) is 3.92. The van der Waals surface area contributed by atoms with Crippen molar-refractivity contribution >= 4 is 11.6 Å². The highest BCUT2D eigenvalue weighted by molar-refractivity contribution is 5.98. The predicted molar refractivity (Wildman–Crippen MR) is 93.4 cm³/mol. The molecule has 0 aliphatic heterocycles. The molecule has 2 aromatic carbocycles. The SMILES string of the molecule is O=C(CCCc1ccccc1)CC(=O)CCCc1ccccc1. The summed E-state index contributed by atoms with van der Waals surface area (Å²) in [4.78, 5) is 23.7. The number of hydrogen-bond acceptors (Lipinski definition) is 2. The molecule has 0 bridgehead atoms. The molecule has 2 heteroatoms. The minimum absolute atomic E-state index is 0.0747. The number of hydrogen-bond donors (Lipinski definition) is 0. The predicted octanol–water partition coefficient (Wildman–Crippen LogP) is 4.56. The fourth-order valence-electron chi connectivity index (χ4n) is 2.67. The van der Waals surface area contributed by atoms with Gasteiger partial charge in [-0.15, -0.1) is 0 Å². The van der Waals surface area contributed by atoms with Gasteiger partial charge in [0, 0.05) is 12.8 Å². The summed E-state index contributed by atoms with van der Waals surface area (Å²) in [5.41, 5.74) is 2.49. The van der Waals surface area contributed by atoms with Gasteiger partial charge >= 0.3 is 0 Å². The molecule has 2 nitrogen and oxygen atoms in total. The van der Waals surface area contributed by atoms with E-state index in [2.05, 4.69) is 24.3 Å². The van der Waals surface area contributed by atoms with Gasteiger partial charge in [0.25, 0.3) is 0 Å². The molecule has 0 heterocycles. The van der Waals surface area contributed by atoms with E-state index in [4.69, 9.17) is 0 Å². The van der Waals surface area contributed by atoms with Gasteiger partial charge in [-0.3, -0.25) is 9.59 Å². The lowest BCUT2D eigenvalue weighted by Gasteiger charge is -2.03. The Bertz CT molecular complexity index is 547. The molecule has 0 radical (unpaired) electrons. The first-order valence-electron chi connectivity index (χ1n) is 8.35. The molecule has 0 spiro atoms. The second kappa shape index (κ2) is 9.73. The standard InChI is InChI=1S/C21H24O2/c22-20(15-7-13-18-9-3-1-4-10-18)17-21(23)16-8-14-19-11-5-2-6-12-19/h1-6,9-12H,7-8,13-17H2. The van der Waals surface area contributed by atoms with Crippen LogP contribution in [0, 0.1) is 0 Å². The number of rotatable bonds is 10. The number of aryl methyl sites for hydroxylation is 2. The van der Waals surface area contributed by atoms with Crippen LogP contribution in [0.25, 0.3) is 0 Å². The van der Waals surface area contributed by atoms with Gasteiger partial charge in [-0.05, 0) is 36.8 Å². The Balaban J connectivity index is 1.58. The number of benzene rings is 2. The zero-order chi connectivity index (χ0) is 16.3.